The fourth-order valence-corrected chi connectivity index (χ4v) is 2.08. The number of hydrogen-bond donors (Lipinski definition) is 1. The van der Waals surface area contributed by atoms with Gasteiger partial charge in [0.25, 0.3) is 0 Å². The molecule has 0 radical (unpaired) electrons. The molecule has 1 fully saturated rings. The first kappa shape index (κ1) is 15.9. The minimum atomic E-state index is -0.519. The number of aromatic nitrogens is 2. The predicted octanol–water partition coefficient (Wildman–Crippen LogP) is 1.27. The summed E-state index contributed by atoms with van der Waals surface area (Å²) in [4.78, 5) is 21.5. The van der Waals surface area contributed by atoms with Gasteiger partial charge in [-0.25, -0.2) is 14.8 Å². The average molecular weight is 307 g/mol. The molecule has 0 aromatic carbocycles. The molecular weight excluding hydrogens is 291 g/mol. The summed E-state index contributed by atoms with van der Waals surface area (Å²) in [5.74, 6) is 0.122. The van der Waals surface area contributed by atoms with Crippen LogP contribution in [0.3, 0.4) is 0 Å². The van der Waals surface area contributed by atoms with Crippen LogP contribution in [0.25, 0.3) is 0 Å². The molecule has 8 heteroatoms. The van der Waals surface area contributed by atoms with E-state index in [0.717, 1.165) is 25.9 Å². The van der Waals surface area contributed by atoms with Gasteiger partial charge in [0.15, 0.2) is 5.69 Å². The second-order valence-electron chi connectivity index (χ2n) is 4.20. The Kier molecular flexibility index (Phi) is 5.78. The normalized spacial score (nSPS) is 15.8. The molecule has 1 aromatic heterocycles. The van der Waals surface area contributed by atoms with Crippen LogP contribution in [0, 0.1) is 0 Å². The Bertz CT molecular complexity index is 450. The van der Waals surface area contributed by atoms with Gasteiger partial charge in [0.1, 0.15) is 5.82 Å². The van der Waals surface area contributed by atoms with Crippen molar-refractivity contribution in [3.8, 4) is 0 Å². The fraction of sp³-hybridized carbons (Fsp3) is 0.545. The topological polar surface area (TPSA) is 81.3 Å². The van der Waals surface area contributed by atoms with Crippen LogP contribution in [0.2, 0.25) is 5.28 Å². The first-order valence-electron chi connectivity index (χ1n) is 5.73. The molecule has 1 aliphatic rings. The third kappa shape index (κ3) is 3.92. The SMILES string of the molecule is COC(=O)c1cc(N2CCC(N)CC2)nc(Cl)n1.Cl. The largest absolute Gasteiger partial charge is 0.464 e. The number of rotatable bonds is 2. The first-order valence-corrected chi connectivity index (χ1v) is 6.11. The van der Waals surface area contributed by atoms with Gasteiger partial charge in [0.05, 0.1) is 7.11 Å². The van der Waals surface area contributed by atoms with E-state index >= 15 is 0 Å². The molecule has 0 spiro atoms. The molecule has 1 aliphatic heterocycles. The van der Waals surface area contributed by atoms with Crippen LogP contribution < -0.4 is 10.6 Å². The Balaban J connectivity index is 0.00000180. The fourth-order valence-electron chi connectivity index (χ4n) is 1.91. The van der Waals surface area contributed by atoms with E-state index in [4.69, 9.17) is 17.3 Å². The molecule has 0 bridgehead atoms. The number of nitrogens with two attached hydrogens (primary N) is 1. The lowest BCUT2D eigenvalue weighted by Gasteiger charge is -2.31. The molecule has 0 saturated carbocycles. The molecule has 2 rings (SSSR count). The van der Waals surface area contributed by atoms with Gasteiger partial charge in [-0.3, -0.25) is 0 Å². The molecule has 2 heterocycles. The van der Waals surface area contributed by atoms with Crippen molar-refractivity contribution in [2.75, 3.05) is 25.1 Å². The summed E-state index contributed by atoms with van der Waals surface area (Å²) in [6.07, 6.45) is 1.80. The van der Waals surface area contributed by atoms with E-state index in [1.165, 1.54) is 7.11 Å². The Morgan fingerprint density at radius 1 is 1.47 bits per heavy atom. The van der Waals surface area contributed by atoms with Gasteiger partial charge in [-0.05, 0) is 24.4 Å². The Morgan fingerprint density at radius 2 is 2.11 bits per heavy atom. The number of methoxy groups -OCH3 is 1. The lowest BCUT2D eigenvalue weighted by Crippen LogP contribution is -2.40. The molecule has 0 unspecified atom stereocenters. The van der Waals surface area contributed by atoms with Crippen molar-refractivity contribution in [1.82, 2.24) is 9.97 Å². The third-order valence-corrected chi connectivity index (χ3v) is 3.11. The van der Waals surface area contributed by atoms with E-state index < -0.39 is 5.97 Å². The average Bonchev–Trinajstić information content (AvgIpc) is 2.38. The summed E-state index contributed by atoms with van der Waals surface area (Å²) < 4.78 is 4.62. The minimum Gasteiger partial charge on any atom is -0.464 e. The minimum absolute atomic E-state index is 0. The van der Waals surface area contributed by atoms with Crippen molar-refractivity contribution < 1.29 is 9.53 Å². The van der Waals surface area contributed by atoms with Crippen molar-refractivity contribution in [3.63, 3.8) is 0 Å². The molecule has 6 nitrogen and oxygen atoms in total. The Morgan fingerprint density at radius 3 is 2.68 bits per heavy atom. The van der Waals surface area contributed by atoms with Gasteiger partial charge in [-0.2, -0.15) is 0 Å². The molecule has 2 N–H and O–H groups in total. The van der Waals surface area contributed by atoms with E-state index in [-0.39, 0.29) is 29.4 Å². The number of carbonyl (C=O) groups excluding carboxylic acids is 1. The monoisotopic (exact) mass is 306 g/mol. The van der Waals surface area contributed by atoms with Crippen molar-refractivity contribution in [1.29, 1.82) is 0 Å². The van der Waals surface area contributed by atoms with E-state index in [0.29, 0.717) is 5.82 Å². The molecule has 0 atom stereocenters. The quantitative estimate of drug-likeness (QED) is 0.654. The van der Waals surface area contributed by atoms with Crippen LogP contribution in [0.4, 0.5) is 5.82 Å². The number of piperidine rings is 1. The maximum atomic E-state index is 11.4. The highest BCUT2D eigenvalue weighted by Crippen LogP contribution is 2.20. The van der Waals surface area contributed by atoms with E-state index in [1.54, 1.807) is 6.07 Å². The van der Waals surface area contributed by atoms with Crippen molar-refractivity contribution in [3.05, 3.63) is 17.0 Å². The summed E-state index contributed by atoms with van der Waals surface area (Å²) in [6.45, 7) is 1.60. The summed E-state index contributed by atoms with van der Waals surface area (Å²) in [5.41, 5.74) is 6.01. The first-order chi connectivity index (χ1) is 8.60. The van der Waals surface area contributed by atoms with Crippen LogP contribution in [0.5, 0.6) is 0 Å². The molecular formula is C11H16Cl2N4O2. The molecule has 106 valence electrons. The van der Waals surface area contributed by atoms with Crippen LogP contribution in [0.1, 0.15) is 23.3 Å². The lowest BCUT2D eigenvalue weighted by atomic mass is 10.1. The van der Waals surface area contributed by atoms with Crippen LogP contribution >= 0.6 is 24.0 Å². The van der Waals surface area contributed by atoms with Crippen molar-refractivity contribution in [2.24, 2.45) is 5.73 Å². The number of hydrogen-bond acceptors (Lipinski definition) is 6. The smallest absolute Gasteiger partial charge is 0.356 e. The highest BCUT2D eigenvalue weighted by atomic mass is 35.5. The predicted molar refractivity (Wildman–Crippen MR) is 75.1 cm³/mol. The number of esters is 1. The maximum Gasteiger partial charge on any atom is 0.356 e. The van der Waals surface area contributed by atoms with E-state index in [2.05, 4.69) is 14.7 Å². The zero-order valence-electron chi connectivity index (χ0n) is 10.5. The second-order valence-corrected chi connectivity index (χ2v) is 4.53. The third-order valence-electron chi connectivity index (χ3n) is 2.94. The van der Waals surface area contributed by atoms with Crippen molar-refractivity contribution in [2.45, 2.75) is 18.9 Å². The highest BCUT2D eigenvalue weighted by Gasteiger charge is 2.20. The number of anilines is 1. The number of halogens is 2. The molecule has 1 saturated heterocycles. The molecule has 19 heavy (non-hydrogen) atoms. The standard InChI is InChI=1S/C11H15ClN4O2.ClH/c1-18-10(17)8-6-9(15-11(12)14-8)16-4-2-7(13)3-5-16;/h6-7H,2-5,13H2,1H3;1H. The van der Waals surface area contributed by atoms with Crippen LogP contribution in [-0.2, 0) is 4.74 Å². The van der Waals surface area contributed by atoms with Gasteiger partial charge >= 0.3 is 5.97 Å². The Labute approximate surface area is 122 Å². The summed E-state index contributed by atoms with van der Waals surface area (Å²) in [6, 6.07) is 1.83. The summed E-state index contributed by atoms with van der Waals surface area (Å²) in [7, 11) is 1.30. The van der Waals surface area contributed by atoms with E-state index in [9.17, 15) is 4.79 Å². The Hall–Kier alpha value is -1.11. The van der Waals surface area contributed by atoms with Crippen LogP contribution in [0.15, 0.2) is 6.07 Å². The van der Waals surface area contributed by atoms with Crippen molar-refractivity contribution >= 4 is 35.8 Å². The number of ether oxygens (including phenoxy) is 1. The zero-order chi connectivity index (χ0) is 13.1. The maximum absolute atomic E-state index is 11.4. The van der Waals surface area contributed by atoms with Gasteiger partial charge < -0.3 is 15.4 Å². The van der Waals surface area contributed by atoms with Gasteiger partial charge in [0.2, 0.25) is 5.28 Å². The molecule has 1 aromatic rings. The number of nitrogens with zero attached hydrogens (tertiary/aromatic N) is 3. The summed E-state index contributed by atoms with van der Waals surface area (Å²) >= 11 is 5.82. The molecule has 0 amide bonds. The van der Waals surface area contributed by atoms with Crippen LogP contribution in [-0.4, -0.2) is 42.2 Å². The lowest BCUT2D eigenvalue weighted by molar-refractivity contribution is 0.0594. The molecule has 0 aliphatic carbocycles. The van der Waals surface area contributed by atoms with Gasteiger partial charge in [-0.1, -0.05) is 0 Å². The van der Waals surface area contributed by atoms with Gasteiger partial charge in [0, 0.05) is 25.2 Å². The van der Waals surface area contributed by atoms with Gasteiger partial charge in [-0.15, -0.1) is 12.4 Å². The summed E-state index contributed by atoms with van der Waals surface area (Å²) in [5, 5.41) is 0.0442. The highest BCUT2D eigenvalue weighted by molar-refractivity contribution is 6.28. The zero-order valence-corrected chi connectivity index (χ0v) is 12.1. The van der Waals surface area contributed by atoms with E-state index in [1.807, 2.05) is 4.90 Å². The number of carbonyl (C=O) groups is 1. The second kappa shape index (κ2) is 6.88.